The topological polar surface area (TPSA) is 43.8 Å². The zero-order chi connectivity index (χ0) is 15.0. The van der Waals surface area contributed by atoms with Crippen molar-refractivity contribution in [3.63, 3.8) is 0 Å². The van der Waals surface area contributed by atoms with Crippen LogP contribution in [0.25, 0.3) is 11.0 Å². The maximum atomic E-state index is 5.90. The number of anilines is 1. The molecule has 0 aliphatic rings. The molecule has 3 rings (SSSR count). The molecule has 0 saturated heterocycles. The van der Waals surface area contributed by atoms with Gasteiger partial charge in [-0.2, -0.15) is 0 Å². The van der Waals surface area contributed by atoms with E-state index in [0.29, 0.717) is 12.0 Å². The Morgan fingerprint density at radius 1 is 1.24 bits per heavy atom. The fourth-order valence-electron chi connectivity index (χ4n) is 2.82. The highest BCUT2D eigenvalue weighted by molar-refractivity contribution is 7.09. The maximum absolute atomic E-state index is 5.90. The molecule has 0 spiro atoms. The molecule has 0 fully saturated rings. The highest BCUT2D eigenvalue weighted by atomic mass is 32.1. The second kappa shape index (κ2) is 5.53. The normalized spacial score (nSPS) is 13.1. The number of thiophene rings is 1. The molecule has 110 valence electrons. The zero-order valence-electron chi connectivity index (χ0n) is 12.7. The maximum Gasteiger partial charge on any atom is 0.112 e. The van der Waals surface area contributed by atoms with E-state index in [2.05, 4.69) is 48.9 Å². The van der Waals surface area contributed by atoms with Gasteiger partial charge in [0.15, 0.2) is 0 Å². The molecule has 2 heterocycles. The van der Waals surface area contributed by atoms with Crippen molar-refractivity contribution in [2.75, 3.05) is 5.73 Å². The lowest BCUT2D eigenvalue weighted by Gasteiger charge is -2.18. The minimum atomic E-state index is 0.384. The van der Waals surface area contributed by atoms with E-state index in [9.17, 15) is 0 Å². The molecule has 2 N–H and O–H groups in total. The average Bonchev–Trinajstić information content (AvgIpc) is 3.04. The van der Waals surface area contributed by atoms with Crippen LogP contribution in [0, 0.1) is 0 Å². The fraction of sp³-hybridized carbons (Fsp3) is 0.353. The zero-order valence-corrected chi connectivity index (χ0v) is 13.5. The van der Waals surface area contributed by atoms with Gasteiger partial charge in [0.05, 0.1) is 11.0 Å². The lowest BCUT2D eigenvalue weighted by atomic mass is 10.1. The first kappa shape index (κ1) is 14.1. The molecule has 2 aromatic heterocycles. The number of hydrogen-bond donors (Lipinski definition) is 1. The van der Waals surface area contributed by atoms with E-state index in [1.54, 1.807) is 0 Å². The van der Waals surface area contributed by atoms with Crippen molar-refractivity contribution >= 4 is 28.1 Å². The monoisotopic (exact) mass is 299 g/mol. The molecule has 0 bridgehead atoms. The summed E-state index contributed by atoms with van der Waals surface area (Å²) in [4.78, 5) is 6.22. The number of hydrogen-bond acceptors (Lipinski definition) is 3. The Morgan fingerprint density at radius 3 is 2.71 bits per heavy atom. The van der Waals surface area contributed by atoms with Crippen LogP contribution in [0.2, 0.25) is 0 Å². The van der Waals surface area contributed by atoms with E-state index < -0.39 is 0 Å². The highest BCUT2D eigenvalue weighted by Gasteiger charge is 2.18. The van der Waals surface area contributed by atoms with Gasteiger partial charge in [0.1, 0.15) is 5.82 Å². The van der Waals surface area contributed by atoms with Gasteiger partial charge in [0, 0.05) is 28.9 Å². The Labute approximate surface area is 129 Å². The van der Waals surface area contributed by atoms with Crippen molar-refractivity contribution in [2.45, 2.75) is 39.2 Å². The molecule has 0 radical (unpaired) electrons. The summed E-state index contributed by atoms with van der Waals surface area (Å²) in [6.45, 7) is 6.65. The highest BCUT2D eigenvalue weighted by Crippen LogP contribution is 2.29. The molecule has 3 aromatic rings. The van der Waals surface area contributed by atoms with Crippen LogP contribution in [0.15, 0.2) is 35.7 Å². The quantitative estimate of drug-likeness (QED) is 0.715. The van der Waals surface area contributed by atoms with Crippen molar-refractivity contribution in [1.82, 2.24) is 9.55 Å². The van der Waals surface area contributed by atoms with Crippen molar-refractivity contribution in [3.8, 4) is 0 Å². The summed E-state index contributed by atoms with van der Waals surface area (Å²) in [5.41, 5.74) is 8.84. The van der Waals surface area contributed by atoms with Crippen LogP contribution in [0.1, 0.15) is 43.4 Å². The molecular weight excluding hydrogens is 278 g/mol. The Kier molecular flexibility index (Phi) is 3.72. The van der Waals surface area contributed by atoms with Crippen LogP contribution < -0.4 is 5.73 Å². The minimum absolute atomic E-state index is 0.384. The first-order valence-electron chi connectivity index (χ1n) is 7.36. The SMILES string of the molecule is CC(C)c1nc2cc(N)ccc2n1C(C)Cc1cccs1. The fourth-order valence-corrected chi connectivity index (χ4v) is 3.64. The summed E-state index contributed by atoms with van der Waals surface area (Å²) in [5.74, 6) is 1.53. The largest absolute Gasteiger partial charge is 0.399 e. The summed E-state index contributed by atoms with van der Waals surface area (Å²) in [6.07, 6.45) is 1.03. The molecule has 3 nitrogen and oxygen atoms in total. The second-order valence-corrected chi connectivity index (χ2v) is 6.91. The first-order valence-corrected chi connectivity index (χ1v) is 8.24. The average molecular weight is 299 g/mol. The van der Waals surface area contributed by atoms with Gasteiger partial charge in [0.25, 0.3) is 0 Å². The predicted molar refractivity (Wildman–Crippen MR) is 91.0 cm³/mol. The molecule has 0 amide bonds. The van der Waals surface area contributed by atoms with Gasteiger partial charge in [-0.15, -0.1) is 11.3 Å². The Hall–Kier alpha value is -1.81. The summed E-state index contributed by atoms with van der Waals surface area (Å²) in [6, 6.07) is 10.7. The van der Waals surface area contributed by atoms with Gasteiger partial charge in [-0.1, -0.05) is 19.9 Å². The van der Waals surface area contributed by atoms with Gasteiger partial charge < -0.3 is 10.3 Å². The summed E-state index contributed by atoms with van der Waals surface area (Å²) in [7, 11) is 0. The number of fused-ring (bicyclic) bond motifs is 1. The molecule has 0 aliphatic carbocycles. The van der Waals surface area contributed by atoms with Gasteiger partial charge in [0.2, 0.25) is 0 Å². The van der Waals surface area contributed by atoms with E-state index in [1.807, 2.05) is 23.5 Å². The first-order chi connectivity index (χ1) is 10.1. The van der Waals surface area contributed by atoms with Gasteiger partial charge in [-0.05, 0) is 36.6 Å². The molecule has 1 atom stereocenters. The summed E-state index contributed by atoms with van der Waals surface area (Å²) < 4.78 is 2.37. The third-order valence-electron chi connectivity index (χ3n) is 3.77. The van der Waals surface area contributed by atoms with Crippen LogP contribution in [0.4, 0.5) is 5.69 Å². The number of imidazole rings is 1. The van der Waals surface area contributed by atoms with Crippen molar-refractivity contribution in [3.05, 3.63) is 46.4 Å². The molecule has 1 aromatic carbocycles. The number of nitrogens with two attached hydrogens (primary N) is 1. The molecule has 4 heteroatoms. The van der Waals surface area contributed by atoms with Crippen LogP contribution in [-0.2, 0) is 6.42 Å². The molecule has 0 aliphatic heterocycles. The van der Waals surface area contributed by atoms with Gasteiger partial charge in [-0.3, -0.25) is 0 Å². The van der Waals surface area contributed by atoms with E-state index in [1.165, 1.54) is 10.4 Å². The van der Waals surface area contributed by atoms with E-state index >= 15 is 0 Å². The third kappa shape index (κ3) is 2.68. The molecular formula is C17H21N3S. The number of benzene rings is 1. The smallest absolute Gasteiger partial charge is 0.112 e. The second-order valence-electron chi connectivity index (χ2n) is 5.88. The van der Waals surface area contributed by atoms with E-state index in [-0.39, 0.29) is 0 Å². The van der Waals surface area contributed by atoms with Crippen LogP contribution in [0.3, 0.4) is 0 Å². The molecule has 21 heavy (non-hydrogen) atoms. The van der Waals surface area contributed by atoms with Crippen LogP contribution in [-0.4, -0.2) is 9.55 Å². The van der Waals surface area contributed by atoms with Crippen molar-refractivity contribution < 1.29 is 0 Å². The van der Waals surface area contributed by atoms with Gasteiger partial charge in [-0.25, -0.2) is 4.98 Å². The number of nitrogen functional groups attached to an aromatic ring is 1. The summed E-state index contributed by atoms with van der Waals surface area (Å²) >= 11 is 1.82. The lowest BCUT2D eigenvalue weighted by Crippen LogP contribution is -2.12. The van der Waals surface area contributed by atoms with Crippen LogP contribution >= 0.6 is 11.3 Å². The Bertz CT molecular complexity index is 741. The number of rotatable bonds is 4. The standard InChI is InChI=1S/C17H21N3S/c1-11(2)17-19-15-10-13(18)6-7-16(15)20(17)12(3)9-14-5-4-8-21-14/h4-8,10-12H,9,18H2,1-3H3. The molecule has 1 unspecified atom stereocenters. The summed E-state index contributed by atoms with van der Waals surface area (Å²) in [5, 5.41) is 2.14. The van der Waals surface area contributed by atoms with E-state index in [0.717, 1.165) is 23.4 Å². The Balaban J connectivity index is 2.08. The van der Waals surface area contributed by atoms with Crippen molar-refractivity contribution in [1.29, 1.82) is 0 Å². The lowest BCUT2D eigenvalue weighted by molar-refractivity contribution is 0.524. The third-order valence-corrected chi connectivity index (χ3v) is 4.67. The predicted octanol–water partition coefficient (Wildman–Crippen LogP) is 4.61. The molecule has 0 saturated carbocycles. The number of aromatic nitrogens is 2. The minimum Gasteiger partial charge on any atom is -0.399 e. The van der Waals surface area contributed by atoms with Gasteiger partial charge >= 0.3 is 0 Å². The number of nitrogens with zero attached hydrogens (tertiary/aromatic N) is 2. The van der Waals surface area contributed by atoms with Crippen molar-refractivity contribution in [2.24, 2.45) is 0 Å². The van der Waals surface area contributed by atoms with Crippen LogP contribution in [0.5, 0.6) is 0 Å². The van der Waals surface area contributed by atoms with E-state index in [4.69, 9.17) is 10.7 Å². The Morgan fingerprint density at radius 2 is 2.05 bits per heavy atom.